The molecule has 1 aliphatic carbocycles. The molecule has 182 valence electrons. The molecule has 0 spiro atoms. The fourth-order valence-electron chi connectivity index (χ4n) is 3.39. The van der Waals surface area contributed by atoms with Crippen molar-refractivity contribution in [1.82, 2.24) is 9.97 Å². The van der Waals surface area contributed by atoms with E-state index >= 15 is 0 Å². The molecule has 2 rings (SSSR count). The zero-order valence-electron chi connectivity index (χ0n) is 20.8. The highest BCUT2D eigenvalue weighted by Crippen LogP contribution is 2.39. The van der Waals surface area contributed by atoms with E-state index in [1.165, 1.54) is 6.20 Å². The zero-order chi connectivity index (χ0) is 23.9. The van der Waals surface area contributed by atoms with Crippen LogP contribution in [-0.4, -0.2) is 55.7 Å². The van der Waals surface area contributed by atoms with Crippen LogP contribution in [-0.2, 0) is 9.16 Å². The van der Waals surface area contributed by atoms with Gasteiger partial charge < -0.3 is 19.8 Å². The van der Waals surface area contributed by atoms with E-state index in [1.807, 2.05) is 0 Å². The number of carbonyl (C=O) groups is 1. The quantitative estimate of drug-likeness (QED) is 0.343. The number of alkyl halides is 1. The third kappa shape index (κ3) is 7.40. The molecule has 2 N–H and O–H groups in total. The van der Waals surface area contributed by atoms with Crippen molar-refractivity contribution in [3.05, 3.63) is 11.8 Å². The predicted octanol–water partition coefficient (Wildman–Crippen LogP) is 5.56. The van der Waals surface area contributed by atoms with Crippen LogP contribution in [0.15, 0.2) is 6.20 Å². The lowest BCUT2D eigenvalue weighted by atomic mass is 9.93. The van der Waals surface area contributed by atoms with Crippen LogP contribution in [0.3, 0.4) is 0 Å². The van der Waals surface area contributed by atoms with Crippen LogP contribution in [0.5, 0.6) is 0 Å². The van der Waals surface area contributed by atoms with Gasteiger partial charge in [0, 0.05) is 24.9 Å². The Morgan fingerprint density at radius 1 is 1.25 bits per heavy atom. The first-order chi connectivity index (χ1) is 15.0. The number of carbonyl (C=O) groups excluding carboxylic acids is 1. The lowest BCUT2D eigenvalue weighted by Crippen LogP contribution is -2.45. The topological polar surface area (TPSA) is 85.4 Å². The third-order valence-corrected chi connectivity index (χ3v) is 11.0. The van der Waals surface area contributed by atoms with E-state index in [0.29, 0.717) is 23.8 Å². The first kappa shape index (κ1) is 26.5. The lowest BCUT2D eigenvalue weighted by Gasteiger charge is -2.41. The first-order valence-electron chi connectivity index (χ1n) is 11.8. The van der Waals surface area contributed by atoms with Crippen molar-refractivity contribution in [3.8, 4) is 0 Å². The fourth-order valence-corrected chi connectivity index (χ4v) is 4.82. The van der Waals surface area contributed by atoms with Gasteiger partial charge in [-0.1, -0.05) is 27.7 Å². The Balaban J connectivity index is 2.06. The molecule has 7 nitrogen and oxygen atoms in total. The molecule has 1 aliphatic rings. The van der Waals surface area contributed by atoms with Gasteiger partial charge in [0.1, 0.15) is 17.6 Å². The van der Waals surface area contributed by atoms with Crippen molar-refractivity contribution < 1.29 is 18.3 Å². The van der Waals surface area contributed by atoms with Crippen LogP contribution in [0.1, 0.15) is 77.1 Å². The Labute approximate surface area is 193 Å². The van der Waals surface area contributed by atoms with Gasteiger partial charge in [0.15, 0.2) is 8.32 Å². The van der Waals surface area contributed by atoms with Crippen molar-refractivity contribution in [2.45, 2.75) is 103 Å². The van der Waals surface area contributed by atoms with Crippen molar-refractivity contribution in [2.24, 2.45) is 0 Å². The van der Waals surface area contributed by atoms with Crippen molar-refractivity contribution in [1.29, 1.82) is 0 Å². The Bertz CT molecular complexity index is 749. The van der Waals surface area contributed by atoms with Gasteiger partial charge >= 0.3 is 5.97 Å². The van der Waals surface area contributed by atoms with Crippen molar-refractivity contribution in [2.75, 3.05) is 23.8 Å². The molecule has 1 aromatic heterocycles. The summed E-state index contributed by atoms with van der Waals surface area (Å²) in [6, 6.07) is 0.176. The molecule has 1 heterocycles. The number of halogens is 1. The molecular formula is C23H41FN4O3Si. The summed E-state index contributed by atoms with van der Waals surface area (Å²) in [6.07, 6.45) is 4.95. The van der Waals surface area contributed by atoms with E-state index in [0.717, 1.165) is 25.7 Å². The molecule has 1 fully saturated rings. The van der Waals surface area contributed by atoms with Gasteiger partial charge in [-0.05, 0) is 57.2 Å². The highest BCUT2D eigenvalue weighted by molar-refractivity contribution is 6.74. The molecule has 0 bridgehead atoms. The zero-order valence-corrected chi connectivity index (χ0v) is 21.8. The Morgan fingerprint density at radius 2 is 1.91 bits per heavy atom. The molecule has 1 atom stereocenters. The predicted molar refractivity (Wildman–Crippen MR) is 130 cm³/mol. The van der Waals surface area contributed by atoms with Gasteiger partial charge in [0.2, 0.25) is 5.95 Å². The summed E-state index contributed by atoms with van der Waals surface area (Å²) in [5.74, 6) is 0.265. The van der Waals surface area contributed by atoms with Crippen LogP contribution in [0.2, 0.25) is 18.1 Å². The Kier molecular flexibility index (Phi) is 9.45. The van der Waals surface area contributed by atoms with Gasteiger partial charge in [0.25, 0.3) is 0 Å². The monoisotopic (exact) mass is 468 g/mol. The normalized spacial score (nSPS) is 20.5. The molecule has 32 heavy (non-hydrogen) atoms. The number of nitrogens with one attached hydrogen (secondary N) is 2. The molecular weight excluding hydrogens is 427 g/mol. The van der Waals surface area contributed by atoms with Crippen LogP contribution in [0, 0.1) is 0 Å². The van der Waals surface area contributed by atoms with Crippen LogP contribution in [0.4, 0.5) is 16.2 Å². The number of nitrogens with zero attached hydrogens (tertiary/aromatic N) is 2. The minimum Gasteiger partial charge on any atom is -0.462 e. The third-order valence-electron chi connectivity index (χ3n) is 6.49. The molecule has 0 amide bonds. The average Bonchev–Trinajstić information content (AvgIpc) is 2.72. The summed E-state index contributed by atoms with van der Waals surface area (Å²) in [6.45, 7) is 15.3. The molecule has 0 aromatic carbocycles. The minimum absolute atomic E-state index is 0.130. The molecule has 0 saturated heterocycles. The van der Waals surface area contributed by atoms with E-state index in [2.05, 4.69) is 54.5 Å². The highest BCUT2D eigenvalue weighted by Gasteiger charge is 2.39. The molecule has 1 unspecified atom stereocenters. The second kappa shape index (κ2) is 11.4. The SMILES string of the molecule is CCOC(=O)c1cnc(NCC(F)CC)nc1NC1CCC(O[Si](C)(C)C(C)(C)C)CC1. The van der Waals surface area contributed by atoms with Crippen molar-refractivity contribution >= 4 is 26.1 Å². The molecule has 1 saturated carbocycles. The number of aromatic nitrogens is 2. The molecule has 1 aromatic rings. The highest BCUT2D eigenvalue weighted by atomic mass is 28.4. The fraction of sp³-hybridized carbons (Fsp3) is 0.783. The maximum Gasteiger partial charge on any atom is 0.343 e. The summed E-state index contributed by atoms with van der Waals surface area (Å²) in [5, 5.41) is 6.52. The van der Waals surface area contributed by atoms with Gasteiger partial charge in [0.05, 0.1) is 6.61 Å². The van der Waals surface area contributed by atoms with E-state index in [1.54, 1.807) is 13.8 Å². The largest absolute Gasteiger partial charge is 0.462 e. The van der Waals surface area contributed by atoms with Gasteiger partial charge in [-0.25, -0.2) is 14.2 Å². The first-order valence-corrected chi connectivity index (χ1v) is 14.7. The van der Waals surface area contributed by atoms with Gasteiger partial charge in [-0.15, -0.1) is 0 Å². The van der Waals surface area contributed by atoms with E-state index in [4.69, 9.17) is 9.16 Å². The van der Waals surface area contributed by atoms with Crippen LogP contribution < -0.4 is 10.6 Å². The van der Waals surface area contributed by atoms with Gasteiger partial charge in [-0.3, -0.25) is 0 Å². The maximum absolute atomic E-state index is 13.6. The standard InChI is InChI=1S/C23H41FN4O3Si/c1-8-16(24)14-25-22-26-15-19(21(29)30-9-2)20(28-22)27-17-10-12-18(13-11-17)31-32(6,7)23(3,4)5/h15-18H,8-14H2,1-7H3,(H2,25,26,27,28). The van der Waals surface area contributed by atoms with E-state index < -0.39 is 20.5 Å². The lowest BCUT2D eigenvalue weighted by molar-refractivity contribution is 0.0526. The summed E-state index contributed by atoms with van der Waals surface area (Å²) < 4.78 is 25.4. The molecule has 0 aliphatic heterocycles. The average molecular weight is 469 g/mol. The van der Waals surface area contributed by atoms with Crippen molar-refractivity contribution in [3.63, 3.8) is 0 Å². The summed E-state index contributed by atoms with van der Waals surface area (Å²) in [4.78, 5) is 21.0. The number of esters is 1. The Morgan fingerprint density at radius 3 is 2.47 bits per heavy atom. The number of hydrogen-bond donors (Lipinski definition) is 2. The number of ether oxygens (including phenoxy) is 1. The second-order valence-electron chi connectivity index (χ2n) is 10.1. The van der Waals surface area contributed by atoms with Crippen LogP contribution in [0.25, 0.3) is 0 Å². The summed E-state index contributed by atoms with van der Waals surface area (Å²) >= 11 is 0. The molecule has 0 radical (unpaired) electrons. The van der Waals surface area contributed by atoms with E-state index in [-0.39, 0.29) is 30.3 Å². The molecule has 9 heteroatoms. The van der Waals surface area contributed by atoms with Crippen LogP contribution >= 0.6 is 0 Å². The van der Waals surface area contributed by atoms with E-state index in [9.17, 15) is 9.18 Å². The number of rotatable bonds is 10. The smallest absolute Gasteiger partial charge is 0.343 e. The number of hydrogen-bond acceptors (Lipinski definition) is 7. The summed E-state index contributed by atoms with van der Waals surface area (Å²) in [5.41, 5.74) is 0.296. The second-order valence-corrected chi connectivity index (χ2v) is 14.8. The number of anilines is 2. The maximum atomic E-state index is 13.6. The Hall–Kier alpha value is -1.74. The minimum atomic E-state index is -1.79. The van der Waals surface area contributed by atoms with Gasteiger partial charge in [-0.2, -0.15) is 4.98 Å². The summed E-state index contributed by atoms with van der Waals surface area (Å²) in [7, 11) is -1.79.